The molecule has 2 aliphatic rings. The lowest BCUT2D eigenvalue weighted by atomic mass is 10.0. The number of hydrogen-bond donors (Lipinski definition) is 1. The molecule has 5 nitrogen and oxygen atoms in total. The van der Waals surface area contributed by atoms with Gasteiger partial charge in [0.25, 0.3) is 5.91 Å². The molecule has 0 bridgehead atoms. The number of carbonyl (C=O) groups excluding carboxylic acids is 1. The van der Waals surface area contributed by atoms with Gasteiger partial charge in [0.05, 0.1) is 31.0 Å². The third-order valence-corrected chi connectivity index (χ3v) is 3.84. The third-order valence-electron chi connectivity index (χ3n) is 3.84. The fraction of sp³-hybridized carbons (Fsp3) is 0.500. The van der Waals surface area contributed by atoms with Gasteiger partial charge in [-0.1, -0.05) is 0 Å². The van der Waals surface area contributed by atoms with E-state index in [1.165, 1.54) is 4.90 Å². The lowest BCUT2D eigenvalue weighted by Gasteiger charge is -2.38. The number of likely N-dealkylation sites (tertiary alicyclic amines) is 1. The smallest absolute Gasteiger partial charge is 0.257 e. The van der Waals surface area contributed by atoms with E-state index in [9.17, 15) is 13.6 Å². The summed E-state index contributed by atoms with van der Waals surface area (Å²) in [7, 11) is 0. The molecule has 7 heteroatoms. The van der Waals surface area contributed by atoms with E-state index in [1.807, 2.05) is 0 Å². The first kappa shape index (κ1) is 14.2. The van der Waals surface area contributed by atoms with Crippen LogP contribution in [0.5, 0.6) is 0 Å². The van der Waals surface area contributed by atoms with Gasteiger partial charge in [0, 0.05) is 19.0 Å². The monoisotopic (exact) mass is 298 g/mol. The Balaban J connectivity index is 1.83. The number of anilines is 1. The van der Waals surface area contributed by atoms with Crippen molar-refractivity contribution in [3.05, 3.63) is 29.3 Å². The van der Waals surface area contributed by atoms with E-state index in [4.69, 9.17) is 15.2 Å². The normalized spacial score (nSPS) is 21.0. The predicted octanol–water partition coefficient (Wildman–Crippen LogP) is 1.53. The van der Waals surface area contributed by atoms with Crippen molar-refractivity contribution in [3.8, 4) is 0 Å². The maximum atomic E-state index is 13.8. The molecule has 2 fully saturated rings. The number of halogens is 2. The van der Waals surface area contributed by atoms with E-state index in [0.29, 0.717) is 38.7 Å². The summed E-state index contributed by atoms with van der Waals surface area (Å²) in [4.78, 5) is 13.9. The average molecular weight is 298 g/mol. The first-order valence-corrected chi connectivity index (χ1v) is 6.82. The number of nitrogens with zero attached hydrogens (tertiary/aromatic N) is 1. The first-order valence-electron chi connectivity index (χ1n) is 6.82. The summed E-state index contributed by atoms with van der Waals surface area (Å²) in [6.07, 6.45) is 1.40. The van der Waals surface area contributed by atoms with Crippen LogP contribution in [0.25, 0.3) is 0 Å². The second kappa shape index (κ2) is 5.23. The molecule has 1 aromatic carbocycles. The standard InChI is InChI=1S/C14H16F2N2O3/c15-10-7-11(16)12(17)6-9(10)13(19)18-3-1-2-14(8-18)20-4-5-21-14/h6-7H,1-5,8,17H2. The van der Waals surface area contributed by atoms with E-state index < -0.39 is 23.3 Å². The van der Waals surface area contributed by atoms with Gasteiger partial charge in [0.2, 0.25) is 0 Å². The topological polar surface area (TPSA) is 64.8 Å². The molecule has 0 radical (unpaired) electrons. The number of amides is 1. The van der Waals surface area contributed by atoms with Crippen LogP contribution in [0.1, 0.15) is 23.2 Å². The van der Waals surface area contributed by atoms with Crippen molar-refractivity contribution in [1.82, 2.24) is 4.90 Å². The first-order chi connectivity index (χ1) is 10.0. The highest BCUT2D eigenvalue weighted by atomic mass is 19.1. The molecule has 0 aromatic heterocycles. The molecule has 2 aliphatic heterocycles. The van der Waals surface area contributed by atoms with E-state index in [2.05, 4.69) is 0 Å². The SMILES string of the molecule is Nc1cc(C(=O)N2CCCC3(C2)OCCO3)c(F)cc1F. The number of piperidine rings is 1. The minimum atomic E-state index is -0.917. The number of nitrogens with two attached hydrogens (primary N) is 1. The van der Waals surface area contributed by atoms with Gasteiger partial charge in [-0.3, -0.25) is 4.79 Å². The van der Waals surface area contributed by atoms with E-state index >= 15 is 0 Å². The van der Waals surface area contributed by atoms with E-state index in [0.717, 1.165) is 6.07 Å². The van der Waals surface area contributed by atoms with Gasteiger partial charge in [-0.25, -0.2) is 8.78 Å². The highest BCUT2D eigenvalue weighted by molar-refractivity contribution is 5.95. The number of benzene rings is 1. The van der Waals surface area contributed by atoms with Crippen molar-refractivity contribution < 1.29 is 23.0 Å². The summed E-state index contributed by atoms with van der Waals surface area (Å²) in [5.41, 5.74) is 4.93. The minimum absolute atomic E-state index is 0.232. The van der Waals surface area contributed by atoms with Gasteiger partial charge in [0.1, 0.15) is 11.6 Å². The zero-order valence-electron chi connectivity index (χ0n) is 11.4. The lowest BCUT2D eigenvalue weighted by Crippen LogP contribution is -2.51. The summed E-state index contributed by atoms with van der Waals surface area (Å²) in [5, 5.41) is 0. The zero-order chi connectivity index (χ0) is 15.0. The van der Waals surface area contributed by atoms with Crippen LogP contribution < -0.4 is 5.73 Å². The van der Waals surface area contributed by atoms with Crippen LogP contribution in [0, 0.1) is 11.6 Å². The van der Waals surface area contributed by atoms with Crippen LogP contribution in [0.15, 0.2) is 12.1 Å². The van der Waals surface area contributed by atoms with Gasteiger partial charge >= 0.3 is 0 Å². The van der Waals surface area contributed by atoms with Crippen LogP contribution in [0.4, 0.5) is 14.5 Å². The molecule has 2 N–H and O–H groups in total. The Morgan fingerprint density at radius 3 is 2.67 bits per heavy atom. The number of carbonyl (C=O) groups is 1. The largest absolute Gasteiger partial charge is 0.396 e. The Morgan fingerprint density at radius 1 is 1.24 bits per heavy atom. The van der Waals surface area contributed by atoms with Gasteiger partial charge in [-0.15, -0.1) is 0 Å². The van der Waals surface area contributed by atoms with Crippen LogP contribution >= 0.6 is 0 Å². The summed E-state index contributed by atoms with van der Waals surface area (Å²) < 4.78 is 38.1. The molecule has 1 spiro atoms. The van der Waals surface area contributed by atoms with E-state index in [-0.39, 0.29) is 17.8 Å². The minimum Gasteiger partial charge on any atom is -0.396 e. The average Bonchev–Trinajstić information content (AvgIpc) is 2.90. The molecule has 114 valence electrons. The second-order valence-corrected chi connectivity index (χ2v) is 5.29. The highest BCUT2D eigenvalue weighted by Crippen LogP contribution is 2.31. The fourth-order valence-corrected chi connectivity index (χ4v) is 2.79. The third kappa shape index (κ3) is 2.58. The van der Waals surface area contributed by atoms with Gasteiger partial charge in [-0.2, -0.15) is 0 Å². The molecule has 3 rings (SSSR count). The molecule has 2 heterocycles. The van der Waals surface area contributed by atoms with Crippen molar-refractivity contribution in [2.24, 2.45) is 0 Å². The summed E-state index contributed by atoms with van der Waals surface area (Å²) in [5.74, 6) is -3.10. The van der Waals surface area contributed by atoms with Crippen LogP contribution in [-0.4, -0.2) is 42.9 Å². The molecule has 1 amide bonds. The van der Waals surface area contributed by atoms with Crippen molar-refractivity contribution >= 4 is 11.6 Å². The summed E-state index contributed by atoms with van der Waals surface area (Å²) in [6, 6.07) is 1.66. The number of hydrogen-bond acceptors (Lipinski definition) is 4. The van der Waals surface area contributed by atoms with Gasteiger partial charge in [0.15, 0.2) is 5.79 Å². The molecular formula is C14H16F2N2O3. The predicted molar refractivity (Wildman–Crippen MR) is 70.5 cm³/mol. The summed E-state index contributed by atoms with van der Waals surface area (Å²) >= 11 is 0. The van der Waals surface area contributed by atoms with Crippen molar-refractivity contribution in [3.63, 3.8) is 0 Å². The Morgan fingerprint density at radius 2 is 1.95 bits per heavy atom. The molecule has 2 saturated heterocycles. The van der Waals surface area contributed by atoms with Crippen LogP contribution in [0.3, 0.4) is 0 Å². The van der Waals surface area contributed by atoms with Gasteiger partial charge < -0.3 is 20.1 Å². The maximum Gasteiger partial charge on any atom is 0.257 e. The maximum absolute atomic E-state index is 13.8. The Bertz CT molecular complexity index is 574. The molecule has 0 atom stereocenters. The molecule has 0 aliphatic carbocycles. The van der Waals surface area contributed by atoms with Crippen molar-refractivity contribution in [2.75, 3.05) is 32.0 Å². The summed E-state index contributed by atoms with van der Waals surface area (Å²) in [6.45, 7) is 1.69. The van der Waals surface area contributed by atoms with Gasteiger partial charge in [-0.05, 0) is 12.5 Å². The second-order valence-electron chi connectivity index (χ2n) is 5.29. The Kier molecular flexibility index (Phi) is 3.54. The van der Waals surface area contributed by atoms with E-state index in [1.54, 1.807) is 0 Å². The fourth-order valence-electron chi connectivity index (χ4n) is 2.79. The Labute approximate surface area is 120 Å². The number of rotatable bonds is 1. The van der Waals surface area contributed by atoms with Crippen LogP contribution in [0.2, 0.25) is 0 Å². The zero-order valence-corrected chi connectivity index (χ0v) is 11.4. The Hall–Kier alpha value is -1.73. The van der Waals surface area contributed by atoms with Crippen molar-refractivity contribution in [2.45, 2.75) is 18.6 Å². The molecule has 21 heavy (non-hydrogen) atoms. The molecular weight excluding hydrogens is 282 g/mol. The molecule has 0 saturated carbocycles. The van der Waals surface area contributed by atoms with Crippen molar-refractivity contribution in [1.29, 1.82) is 0 Å². The lowest BCUT2D eigenvalue weighted by molar-refractivity contribution is -0.183. The molecule has 0 unspecified atom stereocenters. The number of ether oxygens (including phenoxy) is 2. The highest BCUT2D eigenvalue weighted by Gasteiger charge is 2.42. The quantitative estimate of drug-likeness (QED) is 0.799. The molecule has 1 aromatic rings. The number of nitrogen functional groups attached to an aromatic ring is 1. The van der Waals surface area contributed by atoms with Crippen LogP contribution in [-0.2, 0) is 9.47 Å².